The van der Waals surface area contributed by atoms with Gasteiger partial charge >= 0.3 is 0 Å². The molecule has 0 fully saturated rings. The van der Waals surface area contributed by atoms with Gasteiger partial charge in [0.15, 0.2) is 0 Å². The first-order valence-corrected chi connectivity index (χ1v) is 5.33. The van der Waals surface area contributed by atoms with Crippen molar-refractivity contribution in [2.24, 2.45) is 5.73 Å². The number of hydrogen-bond donors (Lipinski definition) is 1. The van der Waals surface area contributed by atoms with Gasteiger partial charge in [-0.1, -0.05) is 12.1 Å². The van der Waals surface area contributed by atoms with E-state index in [-0.39, 0.29) is 6.04 Å². The van der Waals surface area contributed by atoms with Crippen molar-refractivity contribution in [2.45, 2.75) is 32.9 Å². The lowest BCUT2D eigenvalue weighted by molar-refractivity contribution is 0.558. The Labute approximate surface area is 89.9 Å². The Morgan fingerprint density at radius 3 is 2.47 bits per heavy atom. The molecule has 0 spiro atoms. The van der Waals surface area contributed by atoms with E-state index in [9.17, 15) is 0 Å². The number of fused-ring (bicyclic) bond motifs is 1. The Kier molecular flexibility index (Phi) is 2.49. The van der Waals surface area contributed by atoms with Crippen LogP contribution in [0.2, 0.25) is 0 Å². The molecule has 0 aliphatic carbocycles. The highest BCUT2D eigenvalue weighted by molar-refractivity contribution is 5.76. The monoisotopic (exact) mass is 203 g/mol. The zero-order valence-electron chi connectivity index (χ0n) is 9.44. The number of imidazole rings is 1. The molecule has 0 aliphatic heterocycles. The summed E-state index contributed by atoms with van der Waals surface area (Å²) in [6.45, 7) is 6.28. The maximum absolute atomic E-state index is 5.93. The van der Waals surface area contributed by atoms with E-state index >= 15 is 0 Å². The number of rotatable bonds is 2. The van der Waals surface area contributed by atoms with Gasteiger partial charge in [-0.25, -0.2) is 4.98 Å². The second-order valence-electron chi connectivity index (χ2n) is 4.21. The van der Waals surface area contributed by atoms with E-state index in [0.29, 0.717) is 6.04 Å². The molecule has 2 aromatic rings. The number of benzene rings is 1. The number of nitrogens with zero attached hydrogens (tertiary/aromatic N) is 2. The average molecular weight is 203 g/mol. The molecule has 1 aromatic heterocycles. The van der Waals surface area contributed by atoms with Crippen molar-refractivity contribution in [2.75, 3.05) is 0 Å². The number of hydrogen-bond acceptors (Lipinski definition) is 2. The maximum atomic E-state index is 5.93. The van der Waals surface area contributed by atoms with Crippen molar-refractivity contribution in [3.05, 3.63) is 30.1 Å². The Hall–Kier alpha value is -1.35. The molecule has 1 heterocycles. The van der Waals surface area contributed by atoms with Crippen molar-refractivity contribution in [1.29, 1.82) is 0 Å². The van der Waals surface area contributed by atoms with E-state index in [4.69, 9.17) is 5.73 Å². The van der Waals surface area contributed by atoms with E-state index in [1.807, 2.05) is 25.1 Å². The molecule has 2 N–H and O–H groups in total. The molecule has 1 aromatic carbocycles. The molecule has 1 atom stereocenters. The molecular formula is C12H17N3. The third kappa shape index (κ3) is 1.63. The van der Waals surface area contributed by atoms with Crippen LogP contribution in [-0.4, -0.2) is 9.55 Å². The molecule has 0 bridgehead atoms. The van der Waals surface area contributed by atoms with Crippen molar-refractivity contribution >= 4 is 11.0 Å². The first-order valence-electron chi connectivity index (χ1n) is 5.33. The van der Waals surface area contributed by atoms with Crippen LogP contribution >= 0.6 is 0 Å². The summed E-state index contributed by atoms with van der Waals surface area (Å²) in [5.74, 6) is 0.964. The fraction of sp³-hybridized carbons (Fsp3) is 0.417. The third-order valence-corrected chi connectivity index (χ3v) is 2.55. The van der Waals surface area contributed by atoms with Crippen LogP contribution in [0.15, 0.2) is 24.3 Å². The molecular weight excluding hydrogens is 186 g/mol. The first-order chi connectivity index (χ1) is 7.11. The zero-order chi connectivity index (χ0) is 11.0. The smallest absolute Gasteiger partial charge is 0.126 e. The summed E-state index contributed by atoms with van der Waals surface area (Å²) in [5, 5.41) is 0. The van der Waals surface area contributed by atoms with Crippen LogP contribution in [0.3, 0.4) is 0 Å². The summed E-state index contributed by atoms with van der Waals surface area (Å²) in [6.07, 6.45) is 0. The minimum absolute atomic E-state index is 0.0280. The molecule has 0 amide bonds. The van der Waals surface area contributed by atoms with Gasteiger partial charge in [-0.2, -0.15) is 0 Å². The lowest BCUT2D eigenvalue weighted by Crippen LogP contribution is -2.14. The predicted octanol–water partition coefficient (Wildman–Crippen LogP) is 2.64. The Bertz CT molecular complexity index is 469. The van der Waals surface area contributed by atoms with Crippen LogP contribution in [0.5, 0.6) is 0 Å². The molecule has 3 heteroatoms. The van der Waals surface area contributed by atoms with Gasteiger partial charge in [0, 0.05) is 6.04 Å². The van der Waals surface area contributed by atoms with Crippen LogP contribution in [0.4, 0.5) is 0 Å². The topological polar surface area (TPSA) is 43.8 Å². The second kappa shape index (κ2) is 3.66. The molecule has 0 saturated heterocycles. The van der Waals surface area contributed by atoms with Crippen molar-refractivity contribution in [3.63, 3.8) is 0 Å². The minimum atomic E-state index is -0.0280. The number of para-hydroxylation sites is 2. The molecule has 0 aliphatic rings. The van der Waals surface area contributed by atoms with Crippen LogP contribution in [0.25, 0.3) is 11.0 Å². The zero-order valence-corrected chi connectivity index (χ0v) is 9.44. The quantitative estimate of drug-likeness (QED) is 0.815. The normalized spacial score (nSPS) is 13.7. The van der Waals surface area contributed by atoms with Gasteiger partial charge in [0.05, 0.1) is 17.1 Å². The molecule has 0 saturated carbocycles. The SMILES string of the molecule is CC(N)c1nc2ccccc2n1C(C)C. The molecule has 1 unspecified atom stereocenters. The van der Waals surface area contributed by atoms with E-state index < -0.39 is 0 Å². The summed E-state index contributed by atoms with van der Waals surface area (Å²) in [5.41, 5.74) is 8.13. The fourth-order valence-electron chi connectivity index (χ4n) is 1.93. The van der Waals surface area contributed by atoms with Gasteiger partial charge in [0.25, 0.3) is 0 Å². The van der Waals surface area contributed by atoms with E-state index in [0.717, 1.165) is 11.3 Å². The Balaban J connectivity index is 2.75. The summed E-state index contributed by atoms with van der Waals surface area (Å²) in [6, 6.07) is 8.52. The molecule has 0 radical (unpaired) electrons. The van der Waals surface area contributed by atoms with Gasteiger partial charge < -0.3 is 10.3 Å². The van der Waals surface area contributed by atoms with Gasteiger partial charge in [-0.15, -0.1) is 0 Å². The van der Waals surface area contributed by atoms with Crippen molar-refractivity contribution < 1.29 is 0 Å². The molecule has 3 nitrogen and oxygen atoms in total. The standard InChI is InChI=1S/C12H17N3/c1-8(2)15-11-7-5-4-6-10(11)14-12(15)9(3)13/h4-9H,13H2,1-3H3. The van der Waals surface area contributed by atoms with Gasteiger partial charge in [0.1, 0.15) is 5.82 Å². The largest absolute Gasteiger partial charge is 0.324 e. The first kappa shape index (κ1) is 10.2. The molecule has 2 rings (SSSR count). The highest BCUT2D eigenvalue weighted by Crippen LogP contribution is 2.23. The van der Waals surface area contributed by atoms with Crippen molar-refractivity contribution in [3.8, 4) is 0 Å². The minimum Gasteiger partial charge on any atom is -0.324 e. The lowest BCUT2D eigenvalue weighted by atomic mass is 10.2. The molecule has 15 heavy (non-hydrogen) atoms. The number of aromatic nitrogens is 2. The highest BCUT2D eigenvalue weighted by atomic mass is 15.1. The number of nitrogens with two attached hydrogens (primary N) is 1. The summed E-state index contributed by atoms with van der Waals surface area (Å²) in [4.78, 5) is 4.57. The summed E-state index contributed by atoms with van der Waals surface area (Å²) >= 11 is 0. The van der Waals surface area contributed by atoms with Crippen LogP contribution < -0.4 is 5.73 Å². The third-order valence-electron chi connectivity index (χ3n) is 2.55. The predicted molar refractivity (Wildman–Crippen MR) is 62.7 cm³/mol. The molecule has 80 valence electrons. The van der Waals surface area contributed by atoms with Crippen LogP contribution in [0.1, 0.15) is 38.7 Å². The van der Waals surface area contributed by atoms with Gasteiger partial charge in [-0.05, 0) is 32.9 Å². The lowest BCUT2D eigenvalue weighted by Gasteiger charge is -2.14. The maximum Gasteiger partial charge on any atom is 0.126 e. The Morgan fingerprint density at radius 2 is 1.87 bits per heavy atom. The van der Waals surface area contributed by atoms with E-state index in [1.54, 1.807) is 0 Å². The average Bonchev–Trinajstić information content (AvgIpc) is 2.56. The van der Waals surface area contributed by atoms with Crippen LogP contribution in [-0.2, 0) is 0 Å². The van der Waals surface area contributed by atoms with Gasteiger partial charge in [-0.3, -0.25) is 0 Å². The highest BCUT2D eigenvalue weighted by Gasteiger charge is 2.15. The summed E-state index contributed by atoms with van der Waals surface area (Å²) in [7, 11) is 0. The van der Waals surface area contributed by atoms with E-state index in [2.05, 4.69) is 29.5 Å². The van der Waals surface area contributed by atoms with E-state index in [1.165, 1.54) is 5.52 Å². The summed E-state index contributed by atoms with van der Waals surface area (Å²) < 4.78 is 2.21. The van der Waals surface area contributed by atoms with Crippen LogP contribution in [0, 0.1) is 0 Å². The fourth-order valence-corrected chi connectivity index (χ4v) is 1.93. The van der Waals surface area contributed by atoms with Crippen molar-refractivity contribution in [1.82, 2.24) is 9.55 Å². The van der Waals surface area contributed by atoms with Gasteiger partial charge in [0.2, 0.25) is 0 Å². The second-order valence-corrected chi connectivity index (χ2v) is 4.21. The Morgan fingerprint density at radius 1 is 1.20 bits per heavy atom.